The Morgan fingerprint density at radius 1 is 1.23 bits per heavy atom. The van der Waals surface area contributed by atoms with Gasteiger partial charge in [0.2, 0.25) is 0 Å². The van der Waals surface area contributed by atoms with E-state index in [-0.39, 0.29) is 0 Å². The van der Waals surface area contributed by atoms with Crippen molar-refractivity contribution in [2.75, 3.05) is 26.7 Å². The largest absolute Gasteiger partial charge is 0.326 e. The standard InChI is InChI=1S/C7H16N.C2HN3/c1-3-8(2)6-4-5-7-8;3-1-5-2-4/h3-7H2,1-2H3;5H/q+1;. The van der Waals surface area contributed by atoms with Crippen molar-refractivity contribution in [2.45, 2.75) is 19.8 Å². The van der Waals surface area contributed by atoms with Gasteiger partial charge in [-0.1, -0.05) is 0 Å². The number of nitriles is 2. The molecule has 1 rings (SSSR count). The average Bonchev–Trinajstić information content (AvgIpc) is 2.56. The molecule has 4 nitrogen and oxygen atoms in total. The van der Waals surface area contributed by atoms with E-state index in [9.17, 15) is 0 Å². The van der Waals surface area contributed by atoms with Crippen LogP contribution >= 0.6 is 0 Å². The van der Waals surface area contributed by atoms with Crippen LogP contribution in [0.2, 0.25) is 0 Å². The van der Waals surface area contributed by atoms with Gasteiger partial charge in [-0.15, -0.1) is 0 Å². The second-order valence-corrected chi connectivity index (χ2v) is 3.44. The van der Waals surface area contributed by atoms with Crippen LogP contribution in [0.4, 0.5) is 0 Å². The molecule has 13 heavy (non-hydrogen) atoms. The van der Waals surface area contributed by atoms with Crippen molar-refractivity contribution < 1.29 is 4.48 Å². The molecule has 0 aliphatic carbocycles. The summed E-state index contributed by atoms with van der Waals surface area (Å²) in [6, 6.07) is 0. The summed E-state index contributed by atoms with van der Waals surface area (Å²) >= 11 is 0. The minimum atomic E-state index is 1.32. The van der Waals surface area contributed by atoms with Gasteiger partial charge < -0.3 is 4.48 Å². The summed E-state index contributed by atoms with van der Waals surface area (Å²) in [6.45, 7) is 6.43. The van der Waals surface area contributed by atoms with Crippen LogP contribution < -0.4 is 5.32 Å². The van der Waals surface area contributed by atoms with Crippen molar-refractivity contribution in [3.05, 3.63) is 0 Å². The van der Waals surface area contributed by atoms with Crippen LogP contribution in [0, 0.1) is 22.9 Å². The number of hydrogen-bond donors (Lipinski definition) is 1. The fourth-order valence-electron chi connectivity index (χ4n) is 1.44. The Kier molecular flexibility index (Phi) is 5.67. The summed E-state index contributed by atoms with van der Waals surface area (Å²) < 4.78 is 1.32. The van der Waals surface area contributed by atoms with Crippen molar-refractivity contribution in [2.24, 2.45) is 0 Å². The molecule has 1 heterocycles. The molecule has 1 aliphatic rings. The molecule has 0 aromatic heterocycles. The maximum absolute atomic E-state index is 7.48. The molecule has 1 fully saturated rings. The summed E-state index contributed by atoms with van der Waals surface area (Å²) in [4.78, 5) is 0. The lowest BCUT2D eigenvalue weighted by Gasteiger charge is -2.26. The number of hydrogen-bond acceptors (Lipinski definition) is 3. The fourth-order valence-corrected chi connectivity index (χ4v) is 1.44. The Morgan fingerprint density at radius 2 is 1.69 bits per heavy atom. The van der Waals surface area contributed by atoms with Gasteiger partial charge in [0.1, 0.15) is 0 Å². The van der Waals surface area contributed by atoms with E-state index in [4.69, 9.17) is 10.5 Å². The molecule has 0 unspecified atom stereocenters. The topological polar surface area (TPSA) is 59.6 Å². The van der Waals surface area contributed by atoms with E-state index in [1.165, 1.54) is 49.3 Å². The van der Waals surface area contributed by atoms with Crippen molar-refractivity contribution in [1.82, 2.24) is 5.32 Å². The van der Waals surface area contributed by atoms with Crippen LogP contribution in [0.15, 0.2) is 0 Å². The van der Waals surface area contributed by atoms with E-state index in [2.05, 4.69) is 14.0 Å². The smallest absolute Gasteiger partial charge is 0.190 e. The van der Waals surface area contributed by atoms with Gasteiger partial charge in [-0.25, -0.2) is 5.32 Å². The first kappa shape index (κ1) is 11.7. The van der Waals surface area contributed by atoms with Gasteiger partial charge in [0.15, 0.2) is 12.4 Å². The molecule has 1 saturated heterocycles. The Hall–Kier alpha value is -1.26. The molecule has 0 saturated carbocycles. The zero-order valence-electron chi connectivity index (χ0n) is 8.38. The third-order valence-corrected chi connectivity index (χ3v) is 2.52. The van der Waals surface area contributed by atoms with E-state index in [0.29, 0.717) is 0 Å². The predicted octanol–water partition coefficient (Wildman–Crippen LogP) is 0.785. The monoisotopic (exact) mass is 181 g/mol. The van der Waals surface area contributed by atoms with Crippen molar-refractivity contribution >= 4 is 0 Å². The Morgan fingerprint density at radius 3 is 1.85 bits per heavy atom. The molecule has 0 atom stereocenters. The first-order valence-electron chi connectivity index (χ1n) is 4.55. The second-order valence-electron chi connectivity index (χ2n) is 3.44. The van der Waals surface area contributed by atoms with Crippen LogP contribution in [0.5, 0.6) is 0 Å². The van der Waals surface area contributed by atoms with Gasteiger partial charge in [-0.2, -0.15) is 10.5 Å². The molecule has 0 aromatic rings. The van der Waals surface area contributed by atoms with E-state index < -0.39 is 0 Å². The first-order chi connectivity index (χ1) is 6.18. The third-order valence-electron chi connectivity index (χ3n) is 2.52. The van der Waals surface area contributed by atoms with Gasteiger partial charge >= 0.3 is 0 Å². The molecular weight excluding hydrogens is 164 g/mol. The van der Waals surface area contributed by atoms with Crippen molar-refractivity contribution in [1.29, 1.82) is 10.5 Å². The van der Waals surface area contributed by atoms with Gasteiger partial charge in [0, 0.05) is 12.8 Å². The zero-order chi connectivity index (χ0) is 10.2. The van der Waals surface area contributed by atoms with Crippen LogP contribution in [0.25, 0.3) is 0 Å². The summed E-state index contributed by atoms with van der Waals surface area (Å²) in [5.74, 6) is 0. The van der Waals surface area contributed by atoms with Crippen LogP contribution in [0.3, 0.4) is 0 Å². The van der Waals surface area contributed by atoms with E-state index in [1.807, 2.05) is 0 Å². The van der Waals surface area contributed by atoms with Crippen LogP contribution in [0.1, 0.15) is 19.8 Å². The van der Waals surface area contributed by atoms with E-state index in [1.54, 1.807) is 5.32 Å². The van der Waals surface area contributed by atoms with Crippen LogP contribution in [-0.4, -0.2) is 31.2 Å². The summed E-state index contributed by atoms with van der Waals surface area (Å²) in [7, 11) is 2.35. The van der Waals surface area contributed by atoms with Gasteiger partial charge in [-0.3, -0.25) is 0 Å². The van der Waals surface area contributed by atoms with Crippen LogP contribution in [-0.2, 0) is 0 Å². The predicted molar refractivity (Wildman–Crippen MR) is 50.1 cm³/mol. The van der Waals surface area contributed by atoms with Crippen molar-refractivity contribution in [3.8, 4) is 12.4 Å². The molecule has 0 aromatic carbocycles. The lowest BCUT2D eigenvalue weighted by molar-refractivity contribution is -0.895. The normalized spacial score (nSPS) is 17.5. The highest BCUT2D eigenvalue weighted by molar-refractivity contribution is 4.77. The SMILES string of the molecule is CC[N+]1(C)CCCC1.N#CNC#N. The van der Waals surface area contributed by atoms with E-state index in [0.717, 1.165) is 0 Å². The highest BCUT2D eigenvalue weighted by Crippen LogP contribution is 2.14. The van der Waals surface area contributed by atoms with Gasteiger partial charge in [-0.05, 0) is 6.92 Å². The van der Waals surface area contributed by atoms with Gasteiger partial charge in [0.05, 0.1) is 26.7 Å². The molecule has 0 amide bonds. The summed E-state index contributed by atoms with van der Waals surface area (Å²) in [6.07, 6.45) is 5.71. The Balaban J connectivity index is 0.000000252. The maximum Gasteiger partial charge on any atom is 0.190 e. The number of likely N-dealkylation sites (tertiary alicyclic amines) is 1. The molecule has 0 spiro atoms. The molecule has 1 aliphatic heterocycles. The number of nitrogens with one attached hydrogen (secondary N) is 1. The van der Waals surface area contributed by atoms with E-state index >= 15 is 0 Å². The highest BCUT2D eigenvalue weighted by Gasteiger charge is 2.23. The van der Waals surface area contributed by atoms with Gasteiger partial charge in [0.25, 0.3) is 0 Å². The highest BCUT2D eigenvalue weighted by atomic mass is 15.3. The lowest BCUT2D eigenvalue weighted by Crippen LogP contribution is -2.40. The quantitative estimate of drug-likeness (QED) is 0.369. The number of quaternary nitrogens is 1. The second kappa shape index (κ2) is 6.28. The maximum atomic E-state index is 7.48. The Labute approximate surface area is 80.0 Å². The molecule has 4 heteroatoms. The summed E-state index contributed by atoms with van der Waals surface area (Å²) in [5.41, 5.74) is 0. The first-order valence-corrected chi connectivity index (χ1v) is 4.55. The fraction of sp³-hybridized carbons (Fsp3) is 0.778. The molecule has 0 bridgehead atoms. The van der Waals surface area contributed by atoms with Crippen molar-refractivity contribution in [3.63, 3.8) is 0 Å². The molecule has 72 valence electrons. The third kappa shape index (κ3) is 5.05. The molecule has 1 N–H and O–H groups in total. The minimum absolute atomic E-state index is 1.32. The minimum Gasteiger partial charge on any atom is -0.326 e. The summed E-state index contributed by atoms with van der Waals surface area (Å²) in [5, 5.41) is 16.7. The Bertz CT molecular complexity index is 193. The molecule has 0 radical (unpaired) electrons. The number of rotatable bonds is 1. The lowest BCUT2D eigenvalue weighted by atomic mass is 10.4. The molecular formula is C9H17N4+. The number of nitrogens with zero attached hydrogens (tertiary/aromatic N) is 3. The average molecular weight is 181 g/mol. The zero-order valence-corrected chi connectivity index (χ0v) is 8.38.